The Kier molecular flexibility index (Phi) is 5.58. The Morgan fingerprint density at radius 2 is 0.794 bits per heavy atom. The molecule has 2 aliphatic rings. The van der Waals surface area contributed by atoms with Crippen LogP contribution in [0.4, 0.5) is 0 Å². The van der Waals surface area contributed by atoms with E-state index >= 15 is 0 Å². The minimum Gasteiger partial charge on any atom is -0.364 e. The van der Waals surface area contributed by atoms with Crippen LogP contribution in [0.15, 0.2) is 121 Å². The van der Waals surface area contributed by atoms with Crippen molar-refractivity contribution in [1.82, 2.24) is 5.32 Å². The SMILES string of the molecule is O=C1[C@H]2[C@@H](c3ccccc3)N[C@H](c3ccccc3)[C@H]1[C@H](c1ccccc1)O[C@H]2c1ccccc1. The summed E-state index contributed by atoms with van der Waals surface area (Å²) in [6, 6.07) is 40.7. The summed E-state index contributed by atoms with van der Waals surface area (Å²) < 4.78 is 6.94. The zero-order valence-corrected chi connectivity index (χ0v) is 18.8. The number of nitrogens with one attached hydrogen (secondary N) is 1. The molecule has 34 heavy (non-hydrogen) atoms. The lowest BCUT2D eigenvalue weighted by atomic mass is 9.66. The maximum absolute atomic E-state index is 14.4. The molecule has 0 aromatic heterocycles. The fourth-order valence-electron chi connectivity index (χ4n) is 5.71. The molecule has 168 valence electrons. The van der Waals surface area contributed by atoms with Crippen LogP contribution in [0.3, 0.4) is 0 Å². The van der Waals surface area contributed by atoms with Crippen molar-refractivity contribution in [2.45, 2.75) is 24.3 Å². The van der Waals surface area contributed by atoms with Crippen molar-refractivity contribution in [3.8, 4) is 0 Å². The molecule has 6 atom stereocenters. The van der Waals surface area contributed by atoms with Crippen molar-refractivity contribution < 1.29 is 9.53 Å². The fourth-order valence-corrected chi connectivity index (χ4v) is 5.71. The summed E-state index contributed by atoms with van der Waals surface area (Å²) in [5.41, 5.74) is 4.31. The summed E-state index contributed by atoms with van der Waals surface area (Å²) in [5.74, 6) is -0.347. The molecule has 3 heteroatoms. The molecule has 0 radical (unpaired) electrons. The molecule has 0 aliphatic carbocycles. The van der Waals surface area contributed by atoms with Gasteiger partial charge in [0.25, 0.3) is 0 Å². The first-order chi connectivity index (χ1) is 16.8. The van der Waals surface area contributed by atoms with E-state index in [0.717, 1.165) is 22.3 Å². The Bertz CT molecular complexity index is 1050. The molecule has 3 nitrogen and oxygen atoms in total. The molecule has 4 aromatic rings. The van der Waals surface area contributed by atoms with Crippen molar-refractivity contribution in [3.63, 3.8) is 0 Å². The molecule has 0 spiro atoms. The average Bonchev–Trinajstić information content (AvgIpc) is 2.91. The lowest BCUT2D eigenvalue weighted by molar-refractivity contribution is -0.177. The third-order valence-corrected chi connectivity index (χ3v) is 7.25. The number of piperidine rings is 1. The standard InChI is InChI=1S/C31H27NO2/c33-29-25-27(21-13-5-1-6-14-21)32-28(22-15-7-2-8-16-22)26(29)31(24-19-11-4-12-20-24)34-30(25)23-17-9-3-10-18-23/h1-20,25-28,30-32H/t25-,26-,27-,28-,30+,31+/m1/s1. The van der Waals surface area contributed by atoms with Crippen LogP contribution < -0.4 is 5.32 Å². The minimum atomic E-state index is -0.329. The van der Waals surface area contributed by atoms with Gasteiger partial charge in [-0.1, -0.05) is 121 Å². The third-order valence-electron chi connectivity index (χ3n) is 7.25. The van der Waals surface area contributed by atoms with Crippen LogP contribution in [0.1, 0.15) is 46.5 Å². The van der Waals surface area contributed by atoms with E-state index in [0.29, 0.717) is 0 Å². The van der Waals surface area contributed by atoms with E-state index in [2.05, 4.69) is 53.8 Å². The van der Waals surface area contributed by atoms with Crippen LogP contribution in [0.2, 0.25) is 0 Å². The molecule has 0 unspecified atom stereocenters. The molecule has 0 amide bonds. The van der Waals surface area contributed by atoms with Gasteiger partial charge in [0.1, 0.15) is 5.78 Å². The number of hydrogen-bond acceptors (Lipinski definition) is 3. The highest BCUT2D eigenvalue weighted by Crippen LogP contribution is 2.55. The smallest absolute Gasteiger partial charge is 0.148 e. The van der Waals surface area contributed by atoms with Gasteiger partial charge in [-0.15, -0.1) is 0 Å². The van der Waals surface area contributed by atoms with Crippen LogP contribution in [0.5, 0.6) is 0 Å². The van der Waals surface area contributed by atoms with Crippen molar-refractivity contribution in [2.75, 3.05) is 0 Å². The quantitative estimate of drug-likeness (QED) is 0.396. The molecule has 2 aliphatic heterocycles. The highest BCUT2D eigenvalue weighted by Gasteiger charge is 2.56. The molecule has 6 rings (SSSR count). The second kappa shape index (κ2) is 9.02. The number of carbonyl (C=O) groups is 1. The van der Waals surface area contributed by atoms with E-state index in [1.807, 2.05) is 72.8 Å². The van der Waals surface area contributed by atoms with Gasteiger partial charge < -0.3 is 10.1 Å². The van der Waals surface area contributed by atoms with E-state index < -0.39 is 0 Å². The molecule has 4 aromatic carbocycles. The second-order valence-electron chi connectivity index (χ2n) is 9.20. The molecular formula is C31H27NO2. The summed E-state index contributed by atoms with van der Waals surface area (Å²) in [6.07, 6.45) is -0.658. The summed E-state index contributed by atoms with van der Waals surface area (Å²) in [5, 5.41) is 3.92. The van der Waals surface area contributed by atoms with Gasteiger partial charge >= 0.3 is 0 Å². The van der Waals surface area contributed by atoms with Crippen LogP contribution in [-0.2, 0) is 9.53 Å². The highest BCUT2D eigenvalue weighted by atomic mass is 16.5. The Morgan fingerprint density at radius 3 is 1.15 bits per heavy atom. The Labute approximate surface area is 200 Å². The monoisotopic (exact) mass is 445 g/mol. The summed E-state index contributed by atoms with van der Waals surface area (Å²) in [7, 11) is 0. The largest absolute Gasteiger partial charge is 0.364 e. The van der Waals surface area contributed by atoms with Crippen molar-refractivity contribution in [3.05, 3.63) is 144 Å². The van der Waals surface area contributed by atoms with E-state index in [9.17, 15) is 4.79 Å². The summed E-state index contributed by atoms with van der Waals surface area (Å²) in [4.78, 5) is 14.4. The van der Waals surface area contributed by atoms with Gasteiger partial charge in [0.2, 0.25) is 0 Å². The molecule has 1 N–H and O–H groups in total. The number of ketones is 1. The van der Waals surface area contributed by atoms with E-state index in [1.165, 1.54) is 0 Å². The number of ether oxygens (including phenoxy) is 1. The maximum atomic E-state index is 14.4. The van der Waals surface area contributed by atoms with Gasteiger partial charge in [0.15, 0.2) is 0 Å². The number of Topliss-reactive ketones (excluding diaryl/α,β-unsaturated/α-hetero) is 1. The molecule has 0 saturated carbocycles. The summed E-state index contributed by atoms with van der Waals surface area (Å²) in [6.45, 7) is 0. The number of hydrogen-bond donors (Lipinski definition) is 1. The topological polar surface area (TPSA) is 38.3 Å². The second-order valence-corrected chi connectivity index (χ2v) is 9.20. The lowest BCUT2D eigenvalue weighted by Gasteiger charge is -2.52. The molecule has 2 bridgehead atoms. The van der Waals surface area contributed by atoms with Crippen LogP contribution in [0, 0.1) is 11.8 Å². The Hall–Kier alpha value is -3.53. The zero-order valence-electron chi connectivity index (χ0n) is 18.8. The van der Waals surface area contributed by atoms with Gasteiger partial charge in [-0.05, 0) is 22.3 Å². The van der Waals surface area contributed by atoms with Crippen molar-refractivity contribution in [2.24, 2.45) is 11.8 Å². The first kappa shape index (κ1) is 21.0. The van der Waals surface area contributed by atoms with Crippen molar-refractivity contribution >= 4 is 5.78 Å². The lowest BCUT2D eigenvalue weighted by Crippen LogP contribution is -2.56. The van der Waals surface area contributed by atoms with Gasteiger partial charge in [-0.2, -0.15) is 0 Å². The summed E-state index contributed by atoms with van der Waals surface area (Å²) >= 11 is 0. The number of benzene rings is 4. The van der Waals surface area contributed by atoms with Gasteiger partial charge in [0, 0.05) is 12.1 Å². The van der Waals surface area contributed by atoms with Crippen LogP contribution >= 0.6 is 0 Å². The predicted molar refractivity (Wildman–Crippen MR) is 133 cm³/mol. The average molecular weight is 446 g/mol. The highest BCUT2D eigenvalue weighted by molar-refractivity contribution is 5.88. The minimum absolute atomic E-state index is 0.142. The van der Waals surface area contributed by atoms with E-state index in [-0.39, 0.29) is 41.9 Å². The molecule has 2 heterocycles. The van der Waals surface area contributed by atoms with Gasteiger partial charge in [0.05, 0.1) is 24.0 Å². The van der Waals surface area contributed by atoms with Crippen molar-refractivity contribution in [1.29, 1.82) is 0 Å². The van der Waals surface area contributed by atoms with Crippen LogP contribution in [0.25, 0.3) is 0 Å². The zero-order chi connectivity index (χ0) is 22.9. The fraction of sp³-hybridized carbons (Fsp3) is 0.194. The van der Waals surface area contributed by atoms with Gasteiger partial charge in [-0.3, -0.25) is 4.79 Å². The first-order valence-electron chi connectivity index (χ1n) is 12.0. The van der Waals surface area contributed by atoms with E-state index in [4.69, 9.17) is 4.74 Å². The Balaban J connectivity index is 1.52. The van der Waals surface area contributed by atoms with E-state index in [1.54, 1.807) is 0 Å². The van der Waals surface area contributed by atoms with Crippen LogP contribution in [-0.4, -0.2) is 5.78 Å². The third kappa shape index (κ3) is 3.67. The number of carbonyl (C=O) groups excluding carboxylic acids is 1. The first-order valence-corrected chi connectivity index (χ1v) is 12.0. The van der Waals surface area contributed by atoms with Gasteiger partial charge in [-0.25, -0.2) is 0 Å². The molecular weight excluding hydrogens is 418 g/mol. The Morgan fingerprint density at radius 1 is 0.471 bits per heavy atom. The molecule has 2 saturated heterocycles. The predicted octanol–water partition coefficient (Wildman–Crippen LogP) is 6.39. The number of rotatable bonds is 4. The maximum Gasteiger partial charge on any atom is 0.148 e. The normalized spacial score (nSPS) is 28.4. The molecule has 2 fully saturated rings. The number of fused-ring (bicyclic) bond motifs is 2.